The normalized spacial score (nSPS) is 23.7. The van der Waals surface area contributed by atoms with Gasteiger partial charge in [-0.3, -0.25) is 0 Å². The average molecular weight is 124 g/mol. The van der Waals surface area contributed by atoms with Gasteiger partial charge in [0.05, 0.1) is 13.2 Å². The number of allylic oxidation sites excluding steroid dienone is 1. The molecule has 0 radical (unpaired) electrons. The summed E-state index contributed by atoms with van der Waals surface area (Å²) in [4.78, 5) is 0. The van der Waals surface area contributed by atoms with Crippen molar-refractivity contribution in [3.05, 3.63) is 23.8 Å². The summed E-state index contributed by atoms with van der Waals surface area (Å²) in [6.45, 7) is 7.48. The van der Waals surface area contributed by atoms with Gasteiger partial charge in [-0.2, -0.15) is 0 Å². The van der Waals surface area contributed by atoms with Crippen molar-refractivity contribution < 1.29 is 4.74 Å². The van der Waals surface area contributed by atoms with E-state index in [1.165, 1.54) is 5.57 Å². The van der Waals surface area contributed by atoms with E-state index in [0.717, 1.165) is 25.2 Å². The molecular formula is C8H12O. The van der Waals surface area contributed by atoms with Crippen molar-refractivity contribution in [2.24, 2.45) is 0 Å². The summed E-state index contributed by atoms with van der Waals surface area (Å²) in [5.41, 5.74) is 2.44. The Morgan fingerprint density at radius 3 is 2.89 bits per heavy atom. The molecule has 0 amide bonds. The second-order valence-corrected chi connectivity index (χ2v) is 2.23. The van der Waals surface area contributed by atoms with Crippen LogP contribution in [0, 0.1) is 0 Å². The highest BCUT2D eigenvalue weighted by molar-refractivity contribution is 5.32. The van der Waals surface area contributed by atoms with Crippen LogP contribution >= 0.6 is 0 Å². The van der Waals surface area contributed by atoms with Crippen molar-refractivity contribution in [3.8, 4) is 0 Å². The van der Waals surface area contributed by atoms with Crippen LogP contribution in [0.1, 0.15) is 13.3 Å². The summed E-state index contributed by atoms with van der Waals surface area (Å²) in [6, 6.07) is 0. The van der Waals surface area contributed by atoms with Crippen LogP contribution in [0.15, 0.2) is 23.8 Å². The molecule has 1 saturated heterocycles. The molecule has 0 aliphatic carbocycles. The van der Waals surface area contributed by atoms with Gasteiger partial charge in [0.25, 0.3) is 0 Å². The van der Waals surface area contributed by atoms with Gasteiger partial charge in [0, 0.05) is 0 Å². The molecular weight excluding hydrogens is 112 g/mol. The maximum Gasteiger partial charge on any atom is 0.0721 e. The minimum atomic E-state index is 0.728. The van der Waals surface area contributed by atoms with Gasteiger partial charge in [-0.05, 0) is 17.6 Å². The summed E-state index contributed by atoms with van der Waals surface area (Å²) >= 11 is 0. The number of hydrogen-bond donors (Lipinski definition) is 0. The highest BCUT2D eigenvalue weighted by Gasteiger charge is 2.09. The molecule has 0 N–H and O–H groups in total. The van der Waals surface area contributed by atoms with E-state index < -0.39 is 0 Å². The molecule has 0 spiro atoms. The molecule has 0 unspecified atom stereocenters. The monoisotopic (exact) mass is 124 g/mol. The molecule has 1 fully saturated rings. The molecule has 0 bridgehead atoms. The van der Waals surface area contributed by atoms with Crippen LogP contribution in [-0.4, -0.2) is 13.2 Å². The van der Waals surface area contributed by atoms with Crippen LogP contribution in [0.5, 0.6) is 0 Å². The Labute approximate surface area is 56.0 Å². The van der Waals surface area contributed by atoms with E-state index in [-0.39, 0.29) is 0 Å². The van der Waals surface area contributed by atoms with E-state index in [9.17, 15) is 0 Å². The molecule has 0 atom stereocenters. The summed E-state index contributed by atoms with van der Waals surface area (Å²) in [7, 11) is 0. The van der Waals surface area contributed by atoms with Crippen LogP contribution in [0.3, 0.4) is 0 Å². The van der Waals surface area contributed by atoms with E-state index in [0.29, 0.717) is 0 Å². The average Bonchev–Trinajstić information content (AvgIpc) is 2.18. The first-order chi connectivity index (χ1) is 4.34. The van der Waals surface area contributed by atoms with E-state index in [1.54, 1.807) is 0 Å². The lowest BCUT2D eigenvalue weighted by Crippen LogP contribution is -1.80. The fourth-order valence-corrected chi connectivity index (χ4v) is 0.929. The maximum atomic E-state index is 5.15. The highest BCUT2D eigenvalue weighted by atomic mass is 16.5. The Balaban J connectivity index is 2.59. The minimum Gasteiger partial charge on any atom is -0.372 e. The first-order valence-electron chi connectivity index (χ1n) is 3.29. The molecule has 0 aromatic heterocycles. The van der Waals surface area contributed by atoms with Gasteiger partial charge in [0.15, 0.2) is 0 Å². The van der Waals surface area contributed by atoms with Gasteiger partial charge < -0.3 is 4.74 Å². The predicted octanol–water partition coefficient (Wildman–Crippen LogP) is 1.91. The summed E-state index contributed by atoms with van der Waals surface area (Å²) in [5.74, 6) is 0. The van der Waals surface area contributed by atoms with E-state index >= 15 is 0 Å². The Morgan fingerprint density at radius 1 is 1.67 bits per heavy atom. The van der Waals surface area contributed by atoms with Crippen LogP contribution in [0.2, 0.25) is 0 Å². The van der Waals surface area contributed by atoms with Crippen LogP contribution in [0.25, 0.3) is 0 Å². The third-order valence-electron chi connectivity index (χ3n) is 1.44. The first-order valence-corrected chi connectivity index (χ1v) is 3.29. The van der Waals surface area contributed by atoms with Crippen LogP contribution in [0.4, 0.5) is 0 Å². The third kappa shape index (κ3) is 1.42. The standard InChI is InChI=1S/C8H12O/c1-3-4-8-6-9-5-7(8)2/h4H,2-3,5-6H2,1H3/b8-4-. The van der Waals surface area contributed by atoms with Crippen molar-refractivity contribution in [1.82, 2.24) is 0 Å². The Kier molecular flexibility index (Phi) is 2.06. The van der Waals surface area contributed by atoms with Crippen molar-refractivity contribution in [2.75, 3.05) is 13.2 Å². The van der Waals surface area contributed by atoms with Gasteiger partial charge in [0.1, 0.15) is 0 Å². The summed E-state index contributed by atoms with van der Waals surface area (Å²) in [5, 5.41) is 0. The smallest absolute Gasteiger partial charge is 0.0721 e. The lowest BCUT2D eigenvalue weighted by molar-refractivity contribution is 0.215. The van der Waals surface area contributed by atoms with Gasteiger partial charge in [-0.1, -0.05) is 19.6 Å². The number of rotatable bonds is 1. The molecule has 1 heteroatoms. The number of hydrogen-bond acceptors (Lipinski definition) is 1. The Hall–Kier alpha value is -0.560. The predicted molar refractivity (Wildman–Crippen MR) is 38.3 cm³/mol. The summed E-state index contributed by atoms with van der Waals surface area (Å²) in [6.07, 6.45) is 3.26. The van der Waals surface area contributed by atoms with Gasteiger partial charge in [-0.15, -0.1) is 0 Å². The summed E-state index contributed by atoms with van der Waals surface area (Å²) < 4.78 is 5.15. The van der Waals surface area contributed by atoms with Crippen molar-refractivity contribution >= 4 is 0 Å². The van der Waals surface area contributed by atoms with Gasteiger partial charge in [-0.25, -0.2) is 0 Å². The minimum absolute atomic E-state index is 0.728. The molecule has 1 nitrogen and oxygen atoms in total. The third-order valence-corrected chi connectivity index (χ3v) is 1.44. The fourth-order valence-electron chi connectivity index (χ4n) is 0.929. The van der Waals surface area contributed by atoms with Gasteiger partial charge >= 0.3 is 0 Å². The second kappa shape index (κ2) is 2.83. The zero-order valence-corrected chi connectivity index (χ0v) is 5.81. The van der Waals surface area contributed by atoms with Crippen molar-refractivity contribution in [2.45, 2.75) is 13.3 Å². The van der Waals surface area contributed by atoms with Gasteiger partial charge in [0.2, 0.25) is 0 Å². The van der Waals surface area contributed by atoms with E-state index in [2.05, 4.69) is 19.6 Å². The lowest BCUT2D eigenvalue weighted by Gasteiger charge is -1.91. The SMILES string of the molecule is C=C1COC/C1=C/CC. The Bertz CT molecular complexity index is 145. The van der Waals surface area contributed by atoms with Crippen molar-refractivity contribution in [3.63, 3.8) is 0 Å². The molecule has 0 aromatic rings. The quantitative estimate of drug-likeness (QED) is 0.519. The molecule has 9 heavy (non-hydrogen) atoms. The molecule has 50 valence electrons. The molecule has 1 heterocycles. The van der Waals surface area contributed by atoms with E-state index in [4.69, 9.17) is 4.74 Å². The Morgan fingerprint density at radius 2 is 2.44 bits per heavy atom. The molecule has 1 aliphatic rings. The lowest BCUT2D eigenvalue weighted by atomic mass is 10.1. The zero-order chi connectivity index (χ0) is 6.69. The van der Waals surface area contributed by atoms with Crippen LogP contribution in [-0.2, 0) is 4.74 Å². The second-order valence-electron chi connectivity index (χ2n) is 2.23. The first kappa shape index (κ1) is 6.56. The molecule has 0 aromatic carbocycles. The molecule has 0 saturated carbocycles. The number of ether oxygens (including phenoxy) is 1. The molecule has 1 rings (SSSR count). The van der Waals surface area contributed by atoms with E-state index in [1.807, 2.05) is 0 Å². The van der Waals surface area contributed by atoms with Crippen LogP contribution < -0.4 is 0 Å². The van der Waals surface area contributed by atoms with Crippen molar-refractivity contribution in [1.29, 1.82) is 0 Å². The fraction of sp³-hybridized carbons (Fsp3) is 0.500. The largest absolute Gasteiger partial charge is 0.372 e. The molecule has 1 aliphatic heterocycles. The highest BCUT2D eigenvalue weighted by Crippen LogP contribution is 2.16. The zero-order valence-electron chi connectivity index (χ0n) is 5.81. The maximum absolute atomic E-state index is 5.15. The topological polar surface area (TPSA) is 9.23 Å².